The summed E-state index contributed by atoms with van der Waals surface area (Å²) in [6.45, 7) is 2.68. The summed E-state index contributed by atoms with van der Waals surface area (Å²) in [6, 6.07) is 7.41. The number of fused-ring (bicyclic) bond motifs is 1. The van der Waals surface area contributed by atoms with Crippen molar-refractivity contribution in [3.63, 3.8) is 0 Å². The Morgan fingerprint density at radius 2 is 1.97 bits per heavy atom. The van der Waals surface area contributed by atoms with E-state index in [9.17, 15) is 13.6 Å². The SMILES string of the molecule is COCCOc1cc2ncnc(Nc3ccc(F)c(Cl)c3)c2cc1NC(=O)C(F)=CCN1CCCCC1. The van der Waals surface area contributed by atoms with Gasteiger partial charge in [-0.3, -0.25) is 9.69 Å². The lowest BCUT2D eigenvalue weighted by Gasteiger charge is -2.24. The Kier molecular flexibility index (Phi) is 9.21. The summed E-state index contributed by atoms with van der Waals surface area (Å²) < 4.78 is 39.1. The van der Waals surface area contributed by atoms with Gasteiger partial charge in [-0.25, -0.2) is 18.7 Å². The van der Waals surface area contributed by atoms with Crippen LogP contribution in [0.2, 0.25) is 5.02 Å². The molecule has 37 heavy (non-hydrogen) atoms. The van der Waals surface area contributed by atoms with Gasteiger partial charge in [0.1, 0.15) is 30.3 Å². The molecule has 0 radical (unpaired) electrons. The van der Waals surface area contributed by atoms with Gasteiger partial charge in [-0.05, 0) is 56.3 Å². The van der Waals surface area contributed by atoms with Crippen molar-refractivity contribution in [1.29, 1.82) is 0 Å². The number of amides is 1. The molecular formula is C26H28ClF2N5O3. The standard InChI is InChI=1S/C26H28ClF2N5O3/c1-36-11-12-37-24-15-22-18(25(31-16-30-22)32-17-5-6-20(28)19(27)13-17)14-23(24)33-26(35)21(29)7-10-34-8-3-2-4-9-34/h5-7,13-16H,2-4,8-12H2,1H3,(H,33,35)(H,30,31,32). The Balaban J connectivity index is 1.61. The van der Waals surface area contributed by atoms with Crippen molar-refractivity contribution in [3.8, 4) is 5.75 Å². The molecule has 4 rings (SSSR count). The van der Waals surface area contributed by atoms with Crippen molar-refractivity contribution < 1.29 is 23.0 Å². The van der Waals surface area contributed by atoms with E-state index in [0.29, 0.717) is 41.3 Å². The van der Waals surface area contributed by atoms with Gasteiger partial charge in [0.25, 0.3) is 5.91 Å². The van der Waals surface area contributed by atoms with Gasteiger partial charge >= 0.3 is 0 Å². The number of aromatic nitrogens is 2. The second-order valence-corrected chi connectivity index (χ2v) is 8.96. The van der Waals surface area contributed by atoms with E-state index in [1.54, 1.807) is 19.2 Å². The van der Waals surface area contributed by atoms with E-state index in [2.05, 4.69) is 25.5 Å². The molecule has 8 nitrogen and oxygen atoms in total. The lowest BCUT2D eigenvalue weighted by molar-refractivity contribution is -0.114. The van der Waals surface area contributed by atoms with Crippen molar-refractivity contribution in [3.05, 3.63) is 59.4 Å². The molecule has 0 spiro atoms. The van der Waals surface area contributed by atoms with E-state index >= 15 is 0 Å². The molecule has 1 aliphatic rings. The summed E-state index contributed by atoms with van der Waals surface area (Å²) in [5.74, 6) is -1.62. The molecule has 1 fully saturated rings. The third kappa shape index (κ3) is 7.12. The number of carbonyl (C=O) groups is 1. The molecule has 196 valence electrons. The van der Waals surface area contributed by atoms with E-state index in [1.807, 2.05) is 0 Å². The summed E-state index contributed by atoms with van der Waals surface area (Å²) in [4.78, 5) is 23.4. The number of rotatable bonds is 10. The largest absolute Gasteiger partial charge is 0.489 e. The van der Waals surface area contributed by atoms with E-state index in [-0.39, 0.29) is 17.3 Å². The minimum absolute atomic E-state index is 0.0445. The van der Waals surface area contributed by atoms with Crippen LogP contribution in [0.3, 0.4) is 0 Å². The normalized spacial score (nSPS) is 14.5. The Morgan fingerprint density at radius 1 is 1.16 bits per heavy atom. The number of likely N-dealkylation sites (tertiary alicyclic amines) is 1. The van der Waals surface area contributed by atoms with Gasteiger partial charge in [0, 0.05) is 30.8 Å². The first kappa shape index (κ1) is 26.7. The average molecular weight is 532 g/mol. The molecule has 0 saturated carbocycles. The molecule has 1 amide bonds. The fourth-order valence-electron chi connectivity index (χ4n) is 3.97. The monoisotopic (exact) mass is 531 g/mol. The smallest absolute Gasteiger partial charge is 0.284 e. The Morgan fingerprint density at radius 3 is 2.73 bits per heavy atom. The number of anilines is 3. The summed E-state index contributed by atoms with van der Waals surface area (Å²) in [7, 11) is 1.54. The molecule has 3 aromatic rings. The van der Waals surface area contributed by atoms with Crippen molar-refractivity contribution in [2.24, 2.45) is 0 Å². The van der Waals surface area contributed by atoms with Crippen LogP contribution >= 0.6 is 11.6 Å². The first-order chi connectivity index (χ1) is 17.9. The number of hydrogen-bond acceptors (Lipinski definition) is 7. The molecule has 0 aliphatic carbocycles. The topological polar surface area (TPSA) is 88.6 Å². The quantitative estimate of drug-likeness (QED) is 0.265. The maximum atomic E-state index is 14.7. The Bertz CT molecular complexity index is 1280. The fraction of sp³-hybridized carbons (Fsp3) is 0.346. The Hall–Kier alpha value is -3.34. The molecule has 2 aromatic carbocycles. The number of benzene rings is 2. The molecule has 11 heteroatoms. The predicted octanol–water partition coefficient (Wildman–Crippen LogP) is 5.47. The van der Waals surface area contributed by atoms with Crippen LogP contribution in [0.15, 0.2) is 48.6 Å². The number of halogens is 3. The van der Waals surface area contributed by atoms with Crippen molar-refractivity contribution in [2.75, 3.05) is 50.6 Å². The number of piperidine rings is 1. The summed E-state index contributed by atoms with van der Waals surface area (Å²) in [5, 5.41) is 6.16. The Labute approximate surface area is 218 Å². The van der Waals surface area contributed by atoms with Crippen molar-refractivity contribution in [1.82, 2.24) is 14.9 Å². The molecule has 1 aromatic heterocycles. The number of nitrogens with one attached hydrogen (secondary N) is 2. The van der Waals surface area contributed by atoms with Crippen molar-refractivity contribution >= 4 is 45.6 Å². The predicted molar refractivity (Wildman–Crippen MR) is 140 cm³/mol. The molecule has 2 N–H and O–H groups in total. The molecular weight excluding hydrogens is 504 g/mol. The number of carbonyl (C=O) groups excluding carboxylic acids is 1. The highest BCUT2D eigenvalue weighted by molar-refractivity contribution is 6.31. The van der Waals surface area contributed by atoms with Gasteiger partial charge in [0.05, 0.1) is 22.8 Å². The van der Waals surface area contributed by atoms with Gasteiger partial charge in [-0.1, -0.05) is 18.0 Å². The van der Waals surface area contributed by atoms with Gasteiger partial charge in [-0.15, -0.1) is 0 Å². The van der Waals surface area contributed by atoms with E-state index in [1.165, 1.54) is 37.0 Å². The van der Waals surface area contributed by atoms with Gasteiger partial charge in [0.2, 0.25) is 0 Å². The van der Waals surface area contributed by atoms with Crippen LogP contribution in [-0.4, -0.2) is 60.7 Å². The fourth-order valence-corrected chi connectivity index (χ4v) is 4.15. The zero-order valence-electron chi connectivity index (χ0n) is 20.4. The molecule has 1 saturated heterocycles. The van der Waals surface area contributed by atoms with Crippen LogP contribution in [0.25, 0.3) is 10.9 Å². The van der Waals surface area contributed by atoms with Crippen LogP contribution in [0, 0.1) is 5.82 Å². The lowest BCUT2D eigenvalue weighted by atomic mass is 10.1. The van der Waals surface area contributed by atoms with Crippen LogP contribution in [0.5, 0.6) is 5.75 Å². The first-order valence-electron chi connectivity index (χ1n) is 12.0. The lowest BCUT2D eigenvalue weighted by Crippen LogP contribution is -2.30. The third-order valence-electron chi connectivity index (χ3n) is 5.91. The van der Waals surface area contributed by atoms with Crippen LogP contribution < -0.4 is 15.4 Å². The van der Waals surface area contributed by atoms with Crippen molar-refractivity contribution in [2.45, 2.75) is 19.3 Å². The maximum absolute atomic E-state index is 14.7. The minimum atomic E-state index is -0.885. The third-order valence-corrected chi connectivity index (χ3v) is 6.20. The zero-order valence-corrected chi connectivity index (χ0v) is 21.2. The number of hydrogen-bond donors (Lipinski definition) is 2. The molecule has 2 heterocycles. The van der Waals surface area contributed by atoms with E-state index in [4.69, 9.17) is 21.1 Å². The second-order valence-electron chi connectivity index (χ2n) is 8.55. The number of ether oxygens (including phenoxy) is 2. The van der Waals surface area contributed by atoms with Gasteiger partial charge in [0.15, 0.2) is 5.83 Å². The molecule has 0 bridgehead atoms. The van der Waals surface area contributed by atoms with Crippen LogP contribution in [0.4, 0.5) is 26.0 Å². The van der Waals surface area contributed by atoms with E-state index < -0.39 is 17.6 Å². The highest BCUT2D eigenvalue weighted by Gasteiger charge is 2.17. The van der Waals surface area contributed by atoms with E-state index in [0.717, 1.165) is 25.9 Å². The maximum Gasteiger partial charge on any atom is 0.284 e. The average Bonchev–Trinajstić information content (AvgIpc) is 2.90. The molecule has 0 unspecified atom stereocenters. The summed E-state index contributed by atoms with van der Waals surface area (Å²) in [6.07, 6.45) is 5.97. The van der Waals surface area contributed by atoms with Crippen LogP contribution in [0.1, 0.15) is 19.3 Å². The highest BCUT2D eigenvalue weighted by Crippen LogP contribution is 2.34. The summed E-state index contributed by atoms with van der Waals surface area (Å²) in [5.41, 5.74) is 1.26. The second kappa shape index (κ2) is 12.8. The number of nitrogens with zero attached hydrogens (tertiary/aromatic N) is 3. The molecule has 0 atom stereocenters. The highest BCUT2D eigenvalue weighted by atomic mass is 35.5. The zero-order chi connectivity index (χ0) is 26.2. The van der Waals surface area contributed by atoms with Crippen LogP contribution in [-0.2, 0) is 9.53 Å². The van der Waals surface area contributed by atoms with Gasteiger partial charge < -0.3 is 20.1 Å². The molecule has 1 aliphatic heterocycles. The van der Waals surface area contributed by atoms with Gasteiger partial charge in [-0.2, -0.15) is 0 Å². The summed E-state index contributed by atoms with van der Waals surface area (Å²) >= 11 is 5.90. The first-order valence-corrected chi connectivity index (χ1v) is 12.3. The minimum Gasteiger partial charge on any atom is -0.489 e. The number of methoxy groups -OCH3 is 1.